The topological polar surface area (TPSA) is 94.6 Å². The van der Waals surface area contributed by atoms with Gasteiger partial charge in [0.15, 0.2) is 0 Å². The Morgan fingerprint density at radius 3 is 2.42 bits per heavy atom. The molecular formula is C25H29N5O3. The summed E-state index contributed by atoms with van der Waals surface area (Å²) in [4.78, 5) is 45.3. The predicted molar refractivity (Wildman–Crippen MR) is 124 cm³/mol. The van der Waals surface area contributed by atoms with Gasteiger partial charge < -0.3 is 15.5 Å². The van der Waals surface area contributed by atoms with Crippen LogP contribution < -0.4 is 10.6 Å². The van der Waals surface area contributed by atoms with Gasteiger partial charge >= 0.3 is 6.03 Å². The monoisotopic (exact) mass is 447 g/mol. The van der Waals surface area contributed by atoms with Gasteiger partial charge in [0.2, 0.25) is 5.91 Å². The van der Waals surface area contributed by atoms with Crippen LogP contribution in [0.25, 0.3) is 0 Å². The molecule has 1 aromatic heterocycles. The Hall–Kier alpha value is -3.68. The van der Waals surface area contributed by atoms with E-state index in [1.165, 1.54) is 15.4 Å². The number of hydrogen-bond acceptors (Lipinski definition) is 4. The van der Waals surface area contributed by atoms with E-state index < -0.39 is 6.04 Å². The second-order valence-electron chi connectivity index (χ2n) is 9.47. The highest BCUT2D eigenvalue weighted by Gasteiger charge is 2.43. The maximum Gasteiger partial charge on any atom is 0.322 e. The van der Waals surface area contributed by atoms with E-state index in [1.54, 1.807) is 19.4 Å². The lowest BCUT2D eigenvalue weighted by Crippen LogP contribution is -2.45. The lowest BCUT2D eigenvalue weighted by molar-refractivity contribution is -0.132. The van der Waals surface area contributed by atoms with Gasteiger partial charge in [-0.2, -0.15) is 0 Å². The van der Waals surface area contributed by atoms with Gasteiger partial charge in [0.05, 0.1) is 23.9 Å². The number of benzene rings is 1. The zero-order valence-electron chi connectivity index (χ0n) is 19.4. The second kappa shape index (κ2) is 8.69. The molecule has 1 aromatic carbocycles. The maximum atomic E-state index is 13.3. The van der Waals surface area contributed by atoms with E-state index in [0.29, 0.717) is 17.8 Å². The van der Waals surface area contributed by atoms with E-state index in [9.17, 15) is 14.4 Å². The molecule has 0 bridgehead atoms. The molecule has 172 valence electrons. The number of nitrogens with zero attached hydrogens (tertiary/aromatic N) is 3. The quantitative estimate of drug-likeness (QED) is 0.736. The van der Waals surface area contributed by atoms with Crippen LogP contribution in [0, 0.1) is 0 Å². The average Bonchev–Trinajstić information content (AvgIpc) is 3.11. The summed E-state index contributed by atoms with van der Waals surface area (Å²) in [7, 11) is 1.64. The minimum absolute atomic E-state index is 0.00257. The Balaban J connectivity index is 1.50. The van der Waals surface area contributed by atoms with E-state index >= 15 is 0 Å². The molecule has 2 aliphatic heterocycles. The molecule has 1 atom stereocenters. The van der Waals surface area contributed by atoms with Crippen molar-refractivity contribution in [1.82, 2.24) is 25.4 Å². The molecule has 1 unspecified atom stereocenters. The summed E-state index contributed by atoms with van der Waals surface area (Å²) in [5, 5.41) is 5.77. The van der Waals surface area contributed by atoms with Crippen molar-refractivity contribution in [2.24, 2.45) is 0 Å². The van der Waals surface area contributed by atoms with Crippen LogP contribution in [0.15, 0.2) is 60.1 Å². The normalized spacial score (nSPS) is 18.4. The third kappa shape index (κ3) is 4.60. The number of rotatable bonds is 5. The number of likely N-dealkylation sites (N-methyl/N-ethyl adjacent to an activating group) is 1. The van der Waals surface area contributed by atoms with E-state index in [2.05, 4.69) is 36.4 Å². The van der Waals surface area contributed by atoms with Gasteiger partial charge in [-0.1, -0.05) is 45.0 Å². The number of aromatic nitrogens is 1. The summed E-state index contributed by atoms with van der Waals surface area (Å²) in [6, 6.07) is 10.8. The van der Waals surface area contributed by atoms with Crippen LogP contribution in [-0.2, 0) is 21.5 Å². The predicted octanol–water partition coefficient (Wildman–Crippen LogP) is 2.49. The minimum atomic E-state index is -0.546. The third-order valence-corrected chi connectivity index (χ3v) is 6.12. The first kappa shape index (κ1) is 22.5. The molecule has 2 aromatic rings. The fourth-order valence-corrected chi connectivity index (χ4v) is 4.11. The summed E-state index contributed by atoms with van der Waals surface area (Å²) < 4.78 is 0. The Morgan fingerprint density at radius 2 is 1.79 bits per heavy atom. The first-order valence-corrected chi connectivity index (χ1v) is 11.0. The maximum absolute atomic E-state index is 13.3. The molecule has 33 heavy (non-hydrogen) atoms. The van der Waals surface area contributed by atoms with Crippen molar-refractivity contribution >= 4 is 17.8 Å². The number of amides is 4. The first-order chi connectivity index (χ1) is 15.6. The molecule has 2 N–H and O–H groups in total. The molecule has 0 radical (unpaired) electrons. The summed E-state index contributed by atoms with van der Waals surface area (Å²) in [5.41, 5.74) is 4.09. The number of urea groups is 1. The highest BCUT2D eigenvalue weighted by Crippen LogP contribution is 2.36. The minimum Gasteiger partial charge on any atom is -0.350 e. The number of nitrogens with one attached hydrogen (secondary N) is 2. The van der Waals surface area contributed by atoms with Crippen molar-refractivity contribution in [3.63, 3.8) is 0 Å². The van der Waals surface area contributed by atoms with E-state index in [1.807, 2.05) is 36.4 Å². The zero-order chi connectivity index (χ0) is 23.8. The molecule has 0 spiro atoms. The highest BCUT2D eigenvalue weighted by atomic mass is 16.2. The lowest BCUT2D eigenvalue weighted by atomic mass is 9.85. The van der Waals surface area contributed by atoms with Gasteiger partial charge in [0, 0.05) is 26.0 Å². The van der Waals surface area contributed by atoms with Gasteiger partial charge in [-0.15, -0.1) is 0 Å². The molecule has 0 saturated carbocycles. The Bertz CT molecular complexity index is 1100. The van der Waals surface area contributed by atoms with Crippen molar-refractivity contribution in [2.75, 3.05) is 20.1 Å². The van der Waals surface area contributed by atoms with Gasteiger partial charge in [-0.3, -0.25) is 19.5 Å². The van der Waals surface area contributed by atoms with Crippen LogP contribution in [-0.4, -0.2) is 52.8 Å². The second-order valence-corrected chi connectivity index (χ2v) is 9.47. The van der Waals surface area contributed by atoms with E-state index in [0.717, 1.165) is 11.1 Å². The molecule has 2 aliphatic rings. The smallest absolute Gasteiger partial charge is 0.322 e. The fraction of sp³-hybridized carbons (Fsp3) is 0.360. The van der Waals surface area contributed by atoms with Crippen LogP contribution in [0.3, 0.4) is 0 Å². The number of carbonyl (C=O) groups excluding carboxylic acids is 3. The fourth-order valence-electron chi connectivity index (χ4n) is 4.11. The molecule has 8 heteroatoms. The standard InChI is InChI=1S/C25H29N5O3/c1-25(2,3)18-7-5-17(6-8-18)22-21-19(29(4)24(33)28-22)14-30(23(21)32)15-20(31)27-13-16-9-11-26-12-10-16/h5-12,22H,13-15H2,1-4H3,(H,27,31)(H,28,33). The summed E-state index contributed by atoms with van der Waals surface area (Å²) in [6.45, 7) is 6.92. The largest absolute Gasteiger partial charge is 0.350 e. The molecule has 0 fully saturated rings. The molecule has 8 nitrogen and oxygen atoms in total. The van der Waals surface area contributed by atoms with Crippen molar-refractivity contribution in [1.29, 1.82) is 0 Å². The summed E-state index contributed by atoms with van der Waals surface area (Å²) in [5.74, 6) is -0.492. The number of carbonyl (C=O) groups is 3. The van der Waals surface area contributed by atoms with Crippen molar-refractivity contribution in [3.05, 3.63) is 76.8 Å². The Kier molecular flexibility index (Phi) is 5.93. The number of pyridine rings is 1. The van der Waals surface area contributed by atoms with Crippen LogP contribution in [0.2, 0.25) is 0 Å². The average molecular weight is 448 g/mol. The third-order valence-electron chi connectivity index (χ3n) is 6.12. The SMILES string of the molecule is CN1C(=O)NC(c2ccc(C(C)(C)C)cc2)C2=C1CN(CC(=O)NCc1ccncc1)C2=O. The van der Waals surface area contributed by atoms with Gasteiger partial charge in [-0.25, -0.2) is 4.79 Å². The summed E-state index contributed by atoms with van der Waals surface area (Å²) in [6.07, 6.45) is 3.33. The van der Waals surface area contributed by atoms with Crippen molar-refractivity contribution < 1.29 is 14.4 Å². The first-order valence-electron chi connectivity index (χ1n) is 11.0. The molecular weight excluding hydrogens is 418 g/mol. The highest BCUT2D eigenvalue weighted by molar-refractivity contribution is 6.02. The zero-order valence-corrected chi connectivity index (χ0v) is 19.4. The lowest BCUT2D eigenvalue weighted by Gasteiger charge is -2.31. The molecule has 4 rings (SSSR count). The van der Waals surface area contributed by atoms with E-state index in [-0.39, 0.29) is 36.3 Å². The van der Waals surface area contributed by atoms with Crippen LogP contribution in [0.1, 0.15) is 43.5 Å². The Labute approximate surface area is 193 Å². The number of hydrogen-bond donors (Lipinski definition) is 2. The van der Waals surface area contributed by atoms with Crippen LogP contribution >= 0.6 is 0 Å². The van der Waals surface area contributed by atoms with Crippen LogP contribution in [0.5, 0.6) is 0 Å². The molecule has 0 saturated heterocycles. The van der Waals surface area contributed by atoms with Gasteiger partial charge in [-0.05, 0) is 34.2 Å². The van der Waals surface area contributed by atoms with E-state index in [4.69, 9.17) is 0 Å². The van der Waals surface area contributed by atoms with Crippen molar-refractivity contribution in [2.45, 2.75) is 38.8 Å². The van der Waals surface area contributed by atoms with Gasteiger partial charge in [0.25, 0.3) is 5.91 Å². The molecule has 4 amide bonds. The molecule has 3 heterocycles. The molecule has 0 aliphatic carbocycles. The van der Waals surface area contributed by atoms with Crippen LogP contribution in [0.4, 0.5) is 4.79 Å². The summed E-state index contributed by atoms with van der Waals surface area (Å²) >= 11 is 0. The Morgan fingerprint density at radius 1 is 1.12 bits per heavy atom. The van der Waals surface area contributed by atoms with Crippen molar-refractivity contribution in [3.8, 4) is 0 Å². The van der Waals surface area contributed by atoms with Gasteiger partial charge in [0.1, 0.15) is 6.54 Å².